The number of rotatable bonds is 5. The Labute approximate surface area is 200 Å². The van der Waals surface area contributed by atoms with E-state index in [4.69, 9.17) is 18.9 Å². The van der Waals surface area contributed by atoms with E-state index in [0.717, 1.165) is 28.0 Å². The van der Waals surface area contributed by atoms with Gasteiger partial charge in [0.15, 0.2) is 11.5 Å². The van der Waals surface area contributed by atoms with Crippen LogP contribution in [0.4, 0.5) is 0 Å². The smallest absolute Gasteiger partial charge is 0.226 e. The summed E-state index contributed by atoms with van der Waals surface area (Å²) >= 11 is 0. The molecule has 2 aliphatic rings. The van der Waals surface area contributed by atoms with E-state index in [1.807, 2.05) is 59.5 Å². The first kappa shape index (κ1) is 22.3. The molecular weight excluding hydrogens is 430 g/mol. The first-order valence-electron chi connectivity index (χ1n) is 11.6. The Morgan fingerprint density at radius 1 is 0.912 bits per heavy atom. The topological polar surface area (TPSA) is 57.2 Å². The van der Waals surface area contributed by atoms with Crippen LogP contribution in [0.3, 0.4) is 0 Å². The van der Waals surface area contributed by atoms with Gasteiger partial charge in [0.05, 0.1) is 27.2 Å². The lowest BCUT2D eigenvalue weighted by atomic mass is 9.98. The molecule has 176 valence electrons. The van der Waals surface area contributed by atoms with Gasteiger partial charge in [0, 0.05) is 31.5 Å². The van der Waals surface area contributed by atoms with Gasteiger partial charge in [-0.25, -0.2) is 0 Å². The number of fused-ring (bicyclic) bond motifs is 1. The van der Waals surface area contributed by atoms with Crippen LogP contribution >= 0.6 is 0 Å². The van der Waals surface area contributed by atoms with Crippen molar-refractivity contribution in [3.63, 3.8) is 0 Å². The van der Waals surface area contributed by atoms with E-state index in [9.17, 15) is 4.79 Å². The Morgan fingerprint density at radius 2 is 1.62 bits per heavy atom. The molecule has 34 heavy (non-hydrogen) atoms. The minimum atomic E-state index is -0.665. The van der Waals surface area contributed by atoms with E-state index in [-0.39, 0.29) is 5.91 Å². The second-order valence-corrected chi connectivity index (χ2v) is 8.74. The van der Waals surface area contributed by atoms with Gasteiger partial charge in [-0.2, -0.15) is 0 Å². The van der Waals surface area contributed by atoms with Gasteiger partial charge in [-0.1, -0.05) is 42.5 Å². The van der Waals surface area contributed by atoms with Crippen LogP contribution in [-0.4, -0.2) is 43.9 Å². The molecule has 3 aromatic rings. The third-order valence-electron chi connectivity index (χ3n) is 6.64. The molecule has 0 aromatic heterocycles. The molecule has 0 bridgehead atoms. The van der Waals surface area contributed by atoms with Crippen LogP contribution in [0.5, 0.6) is 17.2 Å². The molecule has 1 spiro atoms. The number of hydrogen-bond donors (Lipinski definition) is 0. The number of ether oxygens (including phenoxy) is 4. The number of methoxy groups -OCH3 is 2. The normalized spacial score (nSPS) is 16.5. The van der Waals surface area contributed by atoms with Crippen molar-refractivity contribution in [1.82, 2.24) is 4.90 Å². The van der Waals surface area contributed by atoms with Gasteiger partial charge in [0.25, 0.3) is 0 Å². The molecule has 6 nitrogen and oxygen atoms in total. The zero-order valence-electron chi connectivity index (χ0n) is 19.6. The number of nitrogens with zero attached hydrogens (tertiary/aromatic N) is 1. The average molecular weight is 460 g/mol. The van der Waals surface area contributed by atoms with Crippen molar-refractivity contribution >= 4 is 5.91 Å². The van der Waals surface area contributed by atoms with E-state index in [2.05, 4.69) is 12.1 Å². The fourth-order valence-electron chi connectivity index (χ4n) is 4.65. The number of hydrogen-bond acceptors (Lipinski definition) is 5. The van der Waals surface area contributed by atoms with E-state index in [1.54, 1.807) is 14.2 Å². The van der Waals surface area contributed by atoms with Crippen molar-refractivity contribution < 1.29 is 23.7 Å². The van der Waals surface area contributed by atoms with E-state index in [0.29, 0.717) is 50.5 Å². The average Bonchev–Trinajstić information content (AvgIpc) is 2.89. The fourth-order valence-corrected chi connectivity index (χ4v) is 4.65. The van der Waals surface area contributed by atoms with Crippen LogP contribution in [0, 0.1) is 0 Å². The molecule has 5 rings (SSSR count). The molecule has 0 aliphatic carbocycles. The Morgan fingerprint density at radius 3 is 2.35 bits per heavy atom. The summed E-state index contributed by atoms with van der Waals surface area (Å²) in [7, 11) is 3.26. The van der Waals surface area contributed by atoms with Gasteiger partial charge in [-0.15, -0.1) is 0 Å². The van der Waals surface area contributed by atoms with Crippen LogP contribution in [0.1, 0.15) is 24.0 Å². The molecule has 2 heterocycles. The standard InChI is InChI=1S/C28H29NO5/c1-31-25-11-9-22(18-26(25)32-2)21-8-10-24-23(17-21)19-33-28(34-24)12-14-29(15-13-28)27(30)16-20-6-4-3-5-7-20/h3-11,17-18H,12-16,19H2,1-2H3. The quantitative estimate of drug-likeness (QED) is 0.546. The van der Waals surface area contributed by atoms with Gasteiger partial charge in [-0.05, 0) is 41.0 Å². The Kier molecular flexibility index (Phi) is 6.16. The highest BCUT2D eigenvalue weighted by molar-refractivity contribution is 5.79. The molecule has 1 fully saturated rings. The van der Waals surface area contributed by atoms with Gasteiger partial charge in [-0.3, -0.25) is 4.79 Å². The van der Waals surface area contributed by atoms with Crippen molar-refractivity contribution in [2.45, 2.75) is 31.7 Å². The van der Waals surface area contributed by atoms with Gasteiger partial charge in [0.2, 0.25) is 11.7 Å². The SMILES string of the molecule is COc1ccc(-c2ccc3c(c2)COC2(CCN(C(=O)Cc4ccccc4)CC2)O3)cc1OC. The lowest BCUT2D eigenvalue weighted by Gasteiger charge is -2.44. The number of benzene rings is 3. The molecular formula is C28H29NO5. The Bertz CT molecular complexity index is 1170. The van der Waals surface area contributed by atoms with Gasteiger partial charge >= 0.3 is 0 Å². The van der Waals surface area contributed by atoms with Crippen molar-refractivity contribution in [2.24, 2.45) is 0 Å². The first-order valence-corrected chi connectivity index (χ1v) is 11.6. The van der Waals surface area contributed by atoms with Crippen molar-refractivity contribution in [3.05, 3.63) is 77.9 Å². The summed E-state index contributed by atoms with van der Waals surface area (Å²) in [5, 5.41) is 0. The molecule has 0 N–H and O–H groups in total. The largest absolute Gasteiger partial charge is 0.493 e. The molecule has 0 radical (unpaired) electrons. The van der Waals surface area contributed by atoms with Crippen LogP contribution < -0.4 is 14.2 Å². The predicted octanol–water partition coefficient (Wildman–Crippen LogP) is 4.84. The second-order valence-electron chi connectivity index (χ2n) is 8.74. The van der Waals surface area contributed by atoms with E-state index in [1.165, 1.54) is 0 Å². The zero-order chi connectivity index (χ0) is 23.5. The lowest BCUT2D eigenvalue weighted by molar-refractivity contribution is -0.227. The summed E-state index contributed by atoms with van der Waals surface area (Å²) in [6.07, 6.45) is 1.74. The predicted molar refractivity (Wildman–Crippen MR) is 129 cm³/mol. The van der Waals surface area contributed by atoms with E-state index < -0.39 is 5.79 Å². The first-order chi connectivity index (χ1) is 16.6. The second kappa shape index (κ2) is 9.39. The lowest BCUT2D eigenvalue weighted by Crippen LogP contribution is -2.52. The summed E-state index contributed by atoms with van der Waals surface area (Å²) in [5.41, 5.74) is 4.15. The molecule has 1 amide bonds. The number of carbonyl (C=O) groups excluding carboxylic acids is 1. The summed E-state index contributed by atoms with van der Waals surface area (Å²) in [6, 6.07) is 21.9. The Hall–Kier alpha value is -3.51. The minimum Gasteiger partial charge on any atom is -0.493 e. The number of carbonyl (C=O) groups is 1. The summed E-state index contributed by atoms with van der Waals surface area (Å²) in [4.78, 5) is 14.6. The monoisotopic (exact) mass is 459 g/mol. The summed E-state index contributed by atoms with van der Waals surface area (Å²) in [5.74, 6) is 1.72. The summed E-state index contributed by atoms with van der Waals surface area (Å²) < 4.78 is 23.4. The van der Waals surface area contributed by atoms with Crippen LogP contribution in [0.15, 0.2) is 66.7 Å². The maximum Gasteiger partial charge on any atom is 0.226 e. The number of piperidine rings is 1. The third kappa shape index (κ3) is 4.46. The molecule has 3 aromatic carbocycles. The maximum atomic E-state index is 12.7. The molecule has 0 saturated carbocycles. The zero-order valence-corrected chi connectivity index (χ0v) is 19.6. The fraction of sp³-hybridized carbons (Fsp3) is 0.321. The molecule has 1 saturated heterocycles. The highest BCUT2D eigenvalue weighted by Gasteiger charge is 2.41. The third-order valence-corrected chi connectivity index (χ3v) is 6.64. The van der Waals surface area contributed by atoms with Gasteiger partial charge < -0.3 is 23.8 Å². The van der Waals surface area contributed by atoms with E-state index >= 15 is 0 Å². The molecule has 6 heteroatoms. The molecule has 2 aliphatic heterocycles. The van der Waals surface area contributed by atoms with Crippen molar-refractivity contribution in [2.75, 3.05) is 27.3 Å². The van der Waals surface area contributed by atoms with Crippen LogP contribution in [0.2, 0.25) is 0 Å². The highest BCUT2D eigenvalue weighted by Crippen LogP contribution is 2.40. The number of amides is 1. The highest BCUT2D eigenvalue weighted by atomic mass is 16.7. The van der Waals surface area contributed by atoms with Crippen LogP contribution in [-0.2, 0) is 22.6 Å². The minimum absolute atomic E-state index is 0.150. The number of likely N-dealkylation sites (tertiary alicyclic amines) is 1. The van der Waals surface area contributed by atoms with Crippen molar-refractivity contribution in [1.29, 1.82) is 0 Å². The molecule has 0 atom stereocenters. The van der Waals surface area contributed by atoms with Crippen LogP contribution in [0.25, 0.3) is 11.1 Å². The Balaban J connectivity index is 1.25. The van der Waals surface area contributed by atoms with Gasteiger partial charge in [0.1, 0.15) is 5.75 Å². The van der Waals surface area contributed by atoms with Crippen molar-refractivity contribution in [3.8, 4) is 28.4 Å². The maximum absolute atomic E-state index is 12.7. The molecule has 0 unspecified atom stereocenters. The summed E-state index contributed by atoms with van der Waals surface area (Å²) in [6.45, 7) is 1.74.